The average Bonchev–Trinajstić information content (AvgIpc) is 3.20. The number of carbonyl (C=O) groups excluding carboxylic acids is 2. The van der Waals surface area contributed by atoms with E-state index >= 15 is 0 Å². The number of hydrogen-bond donors (Lipinski definition) is 2. The number of benzene rings is 2. The lowest BCUT2D eigenvalue weighted by Crippen LogP contribution is -2.28. The number of anilines is 1. The standard InChI is InChI=1S/C20H19ClN4O4S/c1-13-2-6-15(7-3-13)23-18(27)12-30-20-25-24-19(29-20)10-22-17(26)11-28-16-8-4-14(21)5-9-16/h2-9H,10-12H2,1H3,(H,22,26)(H,23,27). The Morgan fingerprint density at radius 1 is 1.07 bits per heavy atom. The van der Waals surface area contributed by atoms with Gasteiger partial charge in [0.1, 0.15) is 5.75 Å². The van der Waals surface area contributed by atoms with E-state index in [1.807, 2.05) is 31.2 Å². The first-order valence-corrected chi connectivity index (χ1v) is 10.3. The van der Waals surface area contributed by atoms with E-state index in [-0.39, 0.29) is 41.8 Å². The molecule has 3 aromatic rings. The number of rotatable bonds is 9. The van der Waals surface area contributed by atoms with Gasteiger partial charge in [-0.3, -0.25) is 9.59 Å². The Morgan fingerprint density at radius 3 is 2.53 bits per heavy atom. The Morgan fingerprint density at radius 2 is 1.80 bits per heavy atom. The second kappa shape index (κ2) is 10.7. The number of nitrogens with one attached hydrogen (secondary N) is 2. The van der Waals surface area contributed by atoms with Crippen molar-refractivity contribution in [3.8, 4) is 5.75 Å². The van der Waals surface area contributed by atoms with E-state index in [2.05, 4.69) is 20.8 Å². The van der Waals surface area contributed by atoms with E-state index in [1.165, 1.54) is 0 Å². The van der Waals surface area contributed by atoms with Crippen LogP contribution in [0.5, 0.6) is 5.75 Å². The van der Waals surface area contributed by atoms with Crippen molar-refractivity contribution in [1.29, 1.82) is 0 Å². The van der Waals surface area contributed by atoms with E-state index in [0.717, 1.165) is 23.0 Å². The number of aryl methyl sites for hydroxylation is 1. The molecular weight excluding hydrogens is 428 g/mol. The summed E-state index contributed by atoms with van der Waals surface area (Å²) in [6, 6.07) is 14.2. The zero-order chi connectivity index (χ0) is 21.3. The molecule has 0 aliphatic rings. The van der Waals surface area contributed by atoms with Crippen molar-refractivity contribution >= 4 is 40.9 Å². The van der Waals surface area contributed by atoms with Crippen LogP contribution < -0.4 is 15.4 Å². The van der Waals surface area contributed by atoms with Gasteiger partial charge in [0.2, 0.25) is 11.8 Å². The predicted molar refractivity (Wildman–Crippen MR) is 114 cm³/mol. The van der Waals surface area contributed by atoms with Gasteiger partial charge in [-0.05, 0) is 43.3 Å². The predicted octanol–water partition coefficient (Wildman–Crippen LogP) is 3.46. The molecule has 0 fully saturated rings. The number of ether oxygens (including phenoxy) is 1. The molecule has 0 spiro atoms. The molecule has 0 bridgehead atoms. The molecule has 0 radical (unpaired) electrons. The normalized spacial score (nSPS) is 10.5. The number of halogens is 1. The Bertz CT molecular complexity index is 993. The second-order valence-corrected chi connectivity index (χ2v) is 7.55. The molecule has 0 atom stereocenters. The lowest BCUT2D eigenvalue weighted by atomic mass is 10.2. The fourth-order valence-electron chi connectivity index (χ4n) is 2.23. The van der Waals surface area contributed by atoms with Crippen molar-refractivity contribution in [2.45, 2.75) is 18.7 Å². The van der Waals surface area contributed by atoms with Crippen molar-refractivity contribution < 1.29 is 18.7 Å². The summed E-state index contributed by atoms with van der Waals surface area (Å²) in [5.74, 6) is 0.369. The molecule has 3 rings (SSSR count). The van der Waals surface area contributed by atoms with Gasteiger partial charge in [-0.15, -0.1) is 10.2 Å². The van der Waals surface area contributed by atoms with Crippen LogP contribution >= 0.6 is 23.4 Å². The van der Waals surface area contributed by atoms with Crippen LogP contribution in [0.25, 0.3) is 0 Å². The third-order valence-corrected chi connectivity index (χ3v) is 4.80. The zero-order valence-electron chi connectivity index (χ0n) is 16.1. The van der Waals surface area contributed by atoms with Crippen molar-refractivity contribution in [3.63, 3.8) is 0 Å². The van der Waals surface area contributed by atoms with Crippen molar-refractivity contribution in [1.82, 2.24) is 15.5 Å². The molecule has 10 heteroatoms. The second-order valence-electron chi connectivity index (χ2n) is 6.18. The van der Waals surface area contributed by atoms with E-state index in [0.29, 0.717) is 10.8 Å². The van der Waals surface area contributed by atoms with Crippen LogP contribution in [0.2, 0.25) is 5.02 Å². The first-order chi connectivity index (χ1) is 14.5. The number of thioether (sulfide) groups is 1. The summed E-state index contributed by atoms with van der Waals surface area (Å²) in [5, 5.41) is 13.9. The minimum absolute atomic E-state index is 0.0614. The van der Waals surface area contributed by atoms with Gasteiger partial charge in [-0.25, -0.2) is 0 Å². The Hall–Kier alpha value is -3.04. The molecule has 1 aromatic heterocycles. The minimum Gasteiger partial charge on any atom is -0.484 e. The molecule has 30 heavy (non-hydrogen) atoms. The summed E-state index contributed by atoms with van der Waals surface area (Å²) in [4.78, 5) is 23.9. The molecule has 1 heterocycles. The van der Waals surface area contributed by atoms with E-state index in [1.54, 1.807) is 24.3 Å². The van der Waals surface area contributed by atoms with Gasteiger partial charge >= 0.3 is 0 Å². The Labute approximate surface area is 182 Å². The summed E-state index contributed by atoms with van der Waals surface area (Å²) in [6.07, 6.45) is 0. The highest BCUT2D eigenvalue weighted by atomic mass is 35.5. The van der Waals surface area contributed by atoms with Crippen molar-refractivity contribution in [3.05, 3.63) is 65.0 Å². The third-order valence-electron chi connectivity index (χ3n) is 3.73. The summed E-state index contributed by atoms with van der Waals surface area (Å²) in [6.45, 7) is 1.88. The minimum atomic E-state index is -0.338. The smallest absolute Gasteiger partial charge is 0.277 e. The van der Waals surface area contributed by atoms with Crippen LogP contribution in [-0.4, -0.2) is 34.4 Å². The largest absolute Gasteiger partial charge is 0.484 e. The first-order valence-electron chi connectivity index (χ1n) is 8.95. The maximum atomic E-state index is 12.0. The number of aromatic nitrogens is 2. The molecule has 0 aliphatic heterocycles. The molecule has 2 aromatic carbocycles. The Balaban J connectivity index is 1.37. The molecule has 2 amide bonds. The van der Waals surface area contributed by atoms with Crippen LogP contribution in [0, 0.1) is 6.92 Å². The molecule has 0 aliphatic carbocycles. The third kappa shape index (κ3) is 7.09. The summed E-state index contributed by atoms with van der Waals surface area (Å²) in [7, 11) is 0. The zero-order valence-corrected chi connectivity index (χ0v) is 17.6. The van der Waals surface area contributed by atoms with Gasteiger partial charge in [-0.1, -0.05) is 41.1 Å². The van der Waals surface area contributed by atoms with E-state index in [4.69, 9.17) is 20.8 Å². The van der Waals surface area contributed by atoms with Gasteiger partial charge in [0.05, 0.1) is 12.3 Å². The number of carbonyl (C=O) groups is 2. The topological polar surface area (TPSA) is 106 Å². The lowest BCUT2D eigenvalue weighted by molar-refractivity contribution is -0.123. The number of amides is 2. The maximum absolute atomic E-state index is 12.0. The fourth-order valence-corrected chi connectivity index (χ4v) is 2.94. The number of hydrogen-bond acceptors (Lipinski definition) is 7. The highest BCUT2D eigenvalue weighted by molar-refractivity contribution is 7.99. The fraction of sp³-hybridized carbons (Fsp3) is 0.200. The highest BCUT2D eigenvalue weighted by Gasteiger charge is 2.11. The van der Waals surface area contributed by atoms with Crippen LogP contribution in [0.15, 0.2) is 58.2 Å². The van der Waals surface area contributed by atoms with Crippen molar-refractivity contribution in [2.75, 3.05) is 17.7 Å². The van der Waals surface area contributed by atoms with Gasteiger partial charge < -0.3 is 19.8 Å². The van der Waals surface area contributed by atoms with E-state index < -0.39 is 0 Å². The quantitative estimate of drug-likeness (QED) is 0.485. The van der Waals surface area contributed by atoms with Gasteiger partial charge in [0, 0.05) is 10.7 Å². The molecule has 0 saturated heterocycles. The van der Waals surface area contributed by atoms with Crippen molar-refractivity contribution in [2.24, 2.45) is 0 Å². The van der Waals surface area contributed by atoms with Crippen LogP contribution in [0.4, 0.5) is 5.69 Å². The molecular formula is C20H19ClN4O4S. The van der Waals surface area contributed by atoms with Gasteiger partial charge in [0.15, 0.2) is 6.61 Å². The van der Waals surface area contributed by atoms with Gasteiger partial charge in [-0.2, -0.15) is 0 Å². The molecule has 8 nitrogen and oxygen atoms in total. The highest BCUT2D eigenvalue weighted by Crippen LogP contribution is 2.17. The summed E-state index contributed by atoms with van der Waals surface area (Å²) in [5.41, 5.74) is 1.84. The average molecular weight is 447 g/mol. The van der Waals surface area contributed by atoms with Gasteiger partial charge in [0.25, 0.3) is 11.1 Å². The molecule has 0 saturated carbocycles. The van der Waals surface area contributed by atoms with Crippen LogP contribution in [-0.2, 0) is 16.1 Å². The molecule has 0 unspecified atom stereocenters. The monoisotopic (exact) mass is 446 g/mol. The van der Waals surface area contributed by atoms with E-state index in [9.17, 15) is 9.59 Å². The summed E-state index contributed by atoms with van der Waals surface area (Å²) < 4.78 is 10.8. The lowest BCUT2D eigenvalue weighted by Gasteiger charge is -2.06. The Kier molecular flexibility index (Phi) is 7.69. The molecule has 2 N–H and O–H groups in total. The van der Waals surface area contributed by atoms with Crippen LogP contribution in [0.3, 0.4) is 0 Å². The maximum Gasteiger partial charge on any atom is 0.277 e. The number of nitrogens with zero attached hydrogens (tertiary/aromatic N) is 2. The molecule has 156 valence electrons. The van der Waals surface area contributed by atoms with Crippen LogP contribution in [0.1, 0.15) is 11.5 Å². The SMILES string of the molecule is Cc1ccc(NC(=O)CSc2nnc(CNC(=O)COc3ccc(Cl)cc3)o2)cc1. The first kappa shape index (κ1) is 21.7. The summed E-state index contributed by atoms with van der Waals surface area (Å²) >= 11 is 6.91.